The van der Waals surface area contributed by atoms with Crippen LogP contribution in [0.4, 0.5) is 0 Å². The molecule has 0 amide bonds. The van der Waals surface area contributed by atoms with Crippen LogP contribution in [0.3, 0.4) is 0 Å². The number of nitrogens with zero attached hydrogens (tertiary/aromatic N) is 1. The van der Waals surface area contributed by atoms with Gasteiger partial charge in [-0.3, -0.25) is 0 Å². The summed E-state index contributed by atoms with van der Waals surface area (Å²) in [6, 6.07) is 9.46. The van der Waals surface area contributed by atoms with Crippen molar-refractivity contribution in [2.75, 3.05) is 13.6 Å². The summed E-state index contributed by atoms with van der Waals surface area (Å²) in [4.78, 5) is 2.50. The molecule has 1 aromatic carbocycles. The van der Waals surface area contributed by atoms with Crippen LogP contribution in [0.25, 0.3) is 0 Å². The molecule has 2 heterocycles. The monoisotopic (exact) mass is 503 g/mol. The van der Waals surface area contributed by atoms with Crippen LogP contribution in [0.5, 0.6) is 0 Å². The van der Waals surface area contributed by atoms with Crippen LogP contribution < -0.4 is 0 Å². The molecule has 1 spiro atoms. The Labute approximate surface area is 223 Å². The van der Waals surface area contributed by atoms with Crippen LogP contribution in [0.2, 0.25) is 0 Å². The summed E-state index contributed by atoms with van der Waals surface area (Å²) in [5, 5.41) is 23.6. The molecule has 4 nitrogen and oxygen atoms in total. The van der Waals surface area contributed by atoms with Gasteiger partial charge in [-0.15, -0.1) is 0 Å². The van der Waals surface area contributed by atoms with E-state index < -0.39 is 17.3 Å². The summed E-state index contributed by atoms with van der Waals surface area (Å²) in [6.45, 7) is 14.0. The van der Waals surface area contributed by atoms with E-state index in [4.69, 9.17) is 4.74 Å². The van der Waals surface area contributed by atoms with Crippen LogP contribution in [0.1, 0.15) is 71.9 Å². The summed E-state index contributed by atoms with van der Waals surface area (Å²) < 4.78 is 7.15. The minimum absolute atomic E-state index is 0.143. The Morgan fingerprint density at radius 1 is 1.19 bits per heavy atom. The van der Waals surface area contributed by atoms with E-state index >= 15 is 0 Å². The Balaban J connectivity index is 1.40. The summed E-state index contributed by atoms with van der Waals surface area (Å²) >= 11 is 0. The van der Waals surface area contributed by atoms with E-state index in [2.05, 4.69) is 83.0 Å². The molecular formula is C33H45NO3. The van der Waals surface area contributed by atoms with Crippen LogP contribution in [0.15, 0.2) is 59.2 Å². The fraction of sp³-hybridized carbons (Fsp3) is 0.636. The van der Waals surface area contributed by atoms with E-state index in [1.807, 2.05) is 13.0 Å². The second-order valence-electron chi connectivity index (χ2n) is 14.2. The topological polar surface area (TPSA) is 52.9 Å². The van der Waals surface area contributed by atoms with Gasteiger partial charge in [-0.05, 0) is 92.3 Å². The molecule has 8 atom stereocenters. The summed E-state index contributed by atoms with van der Waals surface area (Å²) in [5.74, 6) is 0.614. The molecule has 2 fully saturated rings. The number of benzene rings is 1. The first-order valence-electron chi connectivity index (χ1n) is 14.3. The predicted molar refractivity (Wildman–Crippen MR) is 148 cm³/mol. The molecule has 0 radical (unpaired) electrons. The standard InChI is InChI=1S/C33H45NO3/c1-20(16-22-8-10-24(11-9-22)30(3,4)5)19-33-27-23(17-21(2)28(33)35)18-26-25-12-13-31(6,36)29(37-33)32(25,27)14-15-34(26)7/h8-13,17,20,25-26,28-29,35-36H,14-16,18-19H2,1-7H3/t20?,25-,26+,28?,29-,31-,32-,33?/m0/s1. The second kappa shape index (κ2) is 8.14. The molecular weight excluding hydrogens is 458 g/mol. The van der Waals surface area contributed by atoms with Crippen molar-refractivity contribution in [3.8, 4) is 0 Å². The van der Waals surface area contributed by atoms with Gasteiger partial charge in [-0.1, -0.05) is 70.2 Å². The molecule has 0 saturated carbocycles. The third kappa shape index (κ3) is 3.55. The molecule has 1 aromatic rings. The molecule has 2 bridgehead atoms. The molecule has 6 rings (SSSR count). The number of aliphatic hydroxyl groups excluding tert-OH is 1. The van der Waals surface area contributed by atoms with Crippen molar-refractivity contribution in [1.82, 2.24) is 4.90 Å². The Hall–Kier alpha value is -1.72. The second-order valence-corrected chi connectivity index (χ2v) is 14.2. The number of hydrogen-bond donors (Lipinski definition) is 2. The van der Waals surface area contributed by atoms with E-state index in [9.17, 15) is 10.2 Å². The first kappa shape index (κ1) is 25.6. The largest absolute Gasteiger partial charge is 0.385 e. The van der Waals surface area contributed by atoms with Crippen LogP contribution >= 0.6 is 0 Å². The van der Waals surface area contributed by atoms with Gasteiger partial charge in [0.25, 0.3) is 0 Å². The normalized spacial score (nSPS) is 41.5. The van der Waals surface area contributed by atoms with Gasteiger partial charge in [0.1, 0.15) is 23.4 Å². The van der Waals surface area contributed by atoms with Gasteiger partial charge >= 0.3 is 0 Å². The Morgan fingerprint density at radius 2 is 1.89 bits per heavy atom. The number of rotatable bonds is 4. The Kier molecular flexibility index (Phi) is 5.62. The molecule has 2 aliphatic heterocycles. The van der Waals surface area contributed by atoms with Gasteiger partial charge in [0.2, 0.25) is 0 Å². The van der Waals surface area contributed by atoms with E-state index in [0.717, 1.165) is 37.8 Å². The summed E-state index contributed by atoms with van der Waals surface area (Å²) in [7, 11) is 2.24. The zero-order valence-corrected chi connectivity index (χ0v) is 23.7. The van der Waals surface area contributed by atoms with Crippen LogP contribution in [-0.2, 0) is 16.6 Å². The highest BCUT2D eigenvalue weighted by Gasteiger charge is 2.73. The zero-order chi connectivity index (χ0) is 26.5. The molecule has 2 saturated heterocycles. The van der Waals surface area contributed by atoms with Gasteiger partial charge in [-0.2, -0.15) is 0 Å². The van der Waals surface area contributed by atoms with Gasteiger partial charge in [0.15, 0.2) is 0 Å². The van der Waals surface area contributed by atoms with Crippen molar-refractivity contribution < 1.29 is 14.9 Å². The molecule has 2 N–H and O–H groups in total. The maximum Gasteiger partial charge on any atom is 0.121 e. The number of hydrogen-bond acceptors (Lipinski definition) is 4. The van der Waals surface area contributed by atoms with Crippen molar-refractivity contribution in [1.29, 1.82) is 0 Å². The maximum atomic E-state index is 11.9. The molecule has 5 aliphatic rings. The Morgan fingerprint density at radius 3 is 2.57 bits per heavy atom. The maximum absolute atomic E-state index is 11.9. The molecule has 4 heteroatoms. The number of allylic oxidation sites excluding steroid dienone is 1. The van der Waals surface area contributed by atoms with Gasteiger partial charge < -0.3 is 19.8 Å². The average molecular weight is 504 g/mol. The first-order valence-corrected chi connectivity index (χ1v) is 14.3. The highest BCUT2D eigenvalue weighted by atomic mass is 16.5. The van der Waals surface area contributed by atoms with Gasteiger partial charge in [0.05, 0.1) is 0 Å². The van der Waals surface area contributed by atoms with E-state index in [1.165, 1.54) is 22.3 Å². The molecule has 200 valence electrons. The summed E-state index contributed by atoms with van der Waals surface area (Å²) in [6.07, 6.45) is 9.10. The number of piperidine rings is 1. The minimum Gasteiger partial charge on any atom is -0.385 e. The van der Waals surface area contributed by atoms with Gasteiger partial charge in [-0.25, -0.2) is 0 Å². The van der Waals surface area contributed by atoms with E-state index in [-0.39, 0.29) is 16.9 Å². The lowest BCUT2D eigenvalue weighted by Gasteiger charge is -2.59. The molecule has 3 unspecified atom stereocenters. The quantitative estimate of drug-likeness (QED) is 0.545. The number of likely N-dealkylation sites (tertiary alicyclic amines) is 1. The van der Waals surface area contributed by atoms with Crippen LogP contribution in [-0.4, -0.2) is 58.2 Å². The molecule has 0 aromatic heterocycles. The highest BCUT2D eigenvalue weighted by molar-refractivity contribution is 5.55. The van der Waals surface area contributed by atoms with Gasteiger partial charge in [0, 0.05) is 17.4 Å². The lowest BCUT2D eigenvalue weighted by molar-refractivity contribution is -0.176. The van der Waals surface area contributed by atoms with Crippen molar-refractivity contribution in [2.24, 2.45) is 17.3 Å². The molecule has 3 aliphatic carbocycles. The average Bonchev–Trinajstić information content (AvgIpc) is 3.12. The van der Waals surface area contributed by atoms with Crippen molar-refractivity contribution in [3.63, 3.8) is 0 Å². The number of ether oxygens (including phenoxy) is 1. The third-order valence-electron chi connectivity index (χ3n) is 10.4. The lowest BCUT2D eigenvalue weighted by atomic mass is 9.48. The van der Waals surface area contributed by atoms with E-state index in [1.54, 1.807) is 0 Å². The first-order chi connectivity index (χ1) is 17.3. The van der Waals surface area contributed by atoms with Crippen molar-refractivity contribution >= 4 is 0 Å². The zero-order valence-electron chi connectivity index (χ0n) is 23.7. The Bertz CT molecular complexity index is 1180. The highest BCUT2D eigenvalue weighted by Crippen LogP contribution is 2.69. The van der Waals surface area contributed by atoms with E-state index in [0.29, 0.717) is 17.9 Å². The van der Waals surface area contributed by atoms with Crippen LogP contribution in [0, 0.1) is 17.3 Å². The SMILES string of the molecule is CC1=CC2=C3C(CC(C)Cc4ccc(C(C)(C)C)cc4)(O[C@@H]4[C@]35CCN(C)[C@H](C2)[C@@H]5C=C[C@]4(C)O)C1O. The van der Waals surface area contributed by atoms with Crippen molar-refractivity contribution in [3.05, 3.63) is 70.3 Å². The third-order valence-corrected chi connectivity index (χ3v) is 10.4. The predicted octanol–water partition coefficient (Wildman–Crippen LogP) is 5.34. The summed E-state index contributed by atoms with van der Waals surface area (Å²) in [5.41, 5.74) is 4.38. The smallest absolute Gasteiger partial charge is 0.121 e. The lowest BCUT2D eigenvalue weighted by Crippen LogP contribution is -2.64. The minimum atomic E-state index is -1.06. The fourth-order valence-electron chi connectivity index (χ4n) is 8.76. The number of aliphatic hydroxyl groups is 2. The van der Waals surface area contributed by atoms with Crippen molar-refractivity contribution in [2.45, 2.75) is 102 Å². The fourth-order valence-corrected chi connectivity index (χ4v) is 8.76. The molecule has 37 heavy (non-hydrogen) atoms.